The van der Waals surface area contributed by atoms with E-state index in [0.717, 1.165) is 0 Å². The van der Waals surface area contributed by atoms with Crippen LogP contribution in [0.15, 0.2) is 72.1 Å². The first kappa shape index (κ1) is 11.6. The predicted molar refractivity (Wildman–Crippen MR) is 79.7 cm³/mol. The molecule has 0 nitrogen and oxygen atoms in total. The predicted octanol–water partition coefficient (Wildman–Crippen LogP) is 5.16. The first-order valence-electron chi connectivity index (χ1n) is 6.35. The second-order valence-corrected chi connectivity index (χ2v) is 5.73. The summed E-state index contributed by atoms with van der Waals surface area (Å²) in [5.74, 6) is 0.553. The van der Waals surface area contributed by atoms with Gasteiger partial charge in [0.2, 0.25) is 0 Å². The Hall–Kier alpha value is -1.47. The van der Waals surface area contributed by atoms with Gasteiger partial charge < -0.3 is 0 Å². The molecule has 1 aliphatic heterocycles. The topological polar surface area (TPSA) is 0 Å². The van der Waals surface area contributed by atoms with Crippen LogP contribution in [0.1, 0.15) is 28.7 Å². The molecule has 0 N–H and O–H groups in total. The maximum Gasteiger partial charge on any atom is 0.0347 e. The Bertz CT molecular complexity index is 516. The lowest BCUT2D eigenvalue weighted by molar-refractivity contribution is 0.718. The van der Waals surface area contributed by atoms with Gasteiger partial charge in [-0.15, -0.1) is 11.8 Å². The fourth-order valence-electron chi connectivity index (χ4n) is 2.43. The summed E-state index contributed by atoms with van der Waals surface area (Å²) >= 11 is 1.93. The van der Waals surface area contributed by atoms with E-state index in [0.29, 0.717) is 11.2 Å². The quantitative estimate of drug-likeness (QED) is 0.711. The average molecular weight is 252 g/mol. The second-order valence-electron chi connectivity index (χ2n) is 4.62. The highest BCUT2D eigenvalue weighted by Crippen LogP contribution is 2.43. The molecule has 90 valence electrons. The number of benzene rings is 2. The third-order valence-corrected chi connectivity index (χ3v) is 4.53. The average Bonchev–Trinajstić information content (AvgIpc) is 2.49. The Morgan fingerprint density at radius 3 is 2.06 bits per heavy atom. The highest BCUT2D eigenvalue weighted by Gasteiger charge is 2.20. The Morgan fingerprint density at radius 2 is 1.39 bits per heavy atom. The molecule has 0 unspecified atom stereocenters. The molecule has 1 heterocycles. The van der Waals surface area contributed by atoms with E-state index >= 15 is 0 Å². The summed E-state index contributed by atoms with van der Waals surface area (Å²) in [6, 6.07) is 21.6. The van der Waals surface area contributed by atoms with Crippen LogP contribution < -0.4 is 0 Å². The molecule has 0 aliphatic carbocycles. The summed E-state index contributed by atoms with van der Waals surface area (Å²) in [5, 5.41) is 2.85. The van der Waals surface area contributed by atoms with Gasteiger partial charge in [0.25, 0.3) is 0 Å². The van der Waals surface area contributed by atoms with Crippen LogP contribution in [0.3, 0.4) is 0 Å². The minimum Gasteiger partial charge on any atom is -0.126 e. The molecular formula is C17H16S. The minimum atomic E-state index is 0.553. The first-order chi connectivity index (χ1) is 8.93. The van der Waals surface area contributed by atoms with Crippen molar-refractivity contribution in [2.24, 2.45) is 0 Å². The summed E-state index contributed by atoms with van der Waals surface area (Å²) in [6.07, 6.45) is 3.52. The molecule has 0 spiro atoms. The van der Waals surface area contributed by atoms with Crippen LogP contribution >= 0.6 is 11.8 Å². The molecule has 2 aromatic carbocycles. The van der Waals surface area contributed by atoms with Gasteiger partial charge in [0, 0.05) is 11.2 Å². The fourth-order valence-corrected chi connectivity index (χ4v) is 3.53. The van der Waals surface area contributed by atoms with Gasteiger partial charge in [-0.25, -0.2) is 0 Å². The summed E-state index contributed by atoms with van der Waals surface area (Å²) < 4.78 is 0. The lowest BCUT2D eigenvalue weighted by Crippen LogP contribution is -2.05. The Kier molecular flexibility index (Phi) is 3.51. The van der Waals surface area contributed by atoms with E-state index in [9.17, 15) is 0 Å². The van der Waals surface area contributed by atoms with E-state index in [4.69, 9.17) is 0 Å². The Balaban J connectivity index is 1.81. The molecule has 2 aromatic rings. The van der Waals surface area contributed by atoms with E-state index in [1.54, 1.807) is 0 Å². The van der Waals surface area contributed by atoms with Crippen LogP contribution in [0.2, 0.25) is 0 Å². The van der Waals surface area contributed by atoms with Crippen LogP contribution in [0.25, 0.3) is 0 Å². The molecule has 2 atom stereocenters. The molecule has 3 rings (SSSR count). The van der Waals surface area contributed by atoms with Crippen molar-refractivity contribution < 1.29 is 0 Å². The summed E-state index contributed by atoms with van der Waals surface area (Å²) in [4.78, 5) is 0. The van der Waals surface area contributed by atoms with Crippen molar-refractivity contribution in [3.8, 4) is 0 Å². The molecule has 0 aromatic heterocycles. The first-order valence-corrected chi connectivity index (χ1v) is 7.30. The minimum absolute atomic E-state index is 0.553. The second kappa shape index (κ2) is 5.45. The zero-order valence-corrected chi connectivity index (χ0v) is 11.0. The number of thioether (sulfide) groups is 1. The van der Waals surface area contributed by atoms with Crippen LogP contribution in [0.4, 0.5) is 0 Å². The highest BCUT2D eigenvalue weighted by molar-refractivity contribution is 8.02. The molecular weight excluding hydrogens is 236 g/mol. The van der Waals surface area contributed by atoms with Gasteiger partial charge in [0.05, 0.1) is 0 Å². The standard InChI is InChI=1S/C17H16S/c1-3-7-14(8-4-1)16-11-12-18-17(13-16)15-9-5-2-6-10-15/h1-12,16-17H,13H2/t16-,17+/m0/s1. The van der Waals surface area contributed by atoms with Crippen LogP contribution in [0, 0.1) is 0 Å². The molecule has 1 aliphatic rings. The number of allylic oxidation sites excluding steroid dienone is 1. The number of hydrogen-bond donors (Lipinski definition) is 0. The summed E-state index contributed by atoms with van der Waals surface area (Å²) in [6.45, 7) is 0. The van der Waals surface area contributed by atoms with Gasteiger partial charge >= 0.3 is 0 Å². The van der Waals surface area contributed by atoms with Crippen molar-refractivity contribution in [1.29, 1.82) is 0 Å². The molecule has 0 bridgehead atoms. The van der Waals surface area contributed by atoms with E-state index in [2.05, 4.69) is 72.1 Å². The molecule has 0 amide bonds. The van der Waals surface area contributed by atoms with Gasteiger partial charge in [-0.05, 0) is 23.0 Å². The van der Waals surface area contributed by atoms with E-state index in [1.807, 2.05) is 11.8 Å². The maximum atomic E-state index is 2.33. The third kappa shape index (κ3) is 2.51. The van der Waals surface area contributed by atoms with Crippen LogP contribution in [-0.4, -0.2) is 0 Å². The van der Waals surface area contributed by atoms with Crippen LogP contribution in [-0.2, 0) is 0 Å². The van der Waals surface area contributed by atoms with Gasteiger partial charge in [0.1, 0.15) is 0 Å². The molecule has 0 saturated heterocycles. The largest absolute Gasteiger partial charge is 0.126 e. The number of rotatable bonds is 2. The van der Waals surface area contributed by atoms with Crippen molar-refractivity contribution >= 4 is 11.8 Å². The zero-order valence-electron chi connectivity index (χ0n) is 10.2. The van der Waals surface area contributed by atoms with Gasteiger partial charge in [-0.1, -0.05) is 66.7 Å². The highest BCUT2D eigenvalue weighted by atomic mass is 32.2. The van der Waals surface area contributed by atoms with Gasteiger partial charge in [-0.2, -0.15) is 0 Å². The monoisotopic (exact) mass is 252 g/mol. The van der Waals surface area contributed by atoms with Crippen molar-refractivity contribution in [1.82, 2.24) is 0 Å². The Labute approximate surface area is 113 Å². The molecule has 0 radical (unpaired) electrons. The van der Waals surface area contributed by atoms with Gasteiger partial charge in [-0.3, -0.25) is 0 Å². The summed E-state index contributed by atoms with van der Waals surface area (Å²) in [7, 11) is 0. The lowest BCUT2D eigenvalue weighted by Gasteiger charge is -2.24. The van der Waals surface area contributed by atoms with Crippen molar-refractivity contribution in [3.63, 3.8) is 0 Å². The van der Waals surface area contributed by atoms with Crippen LogP contribution in [0.5, 0.6) is 0 Å². The normalized spacial score (nSPS) is 22.9. The lowest BCUT2D eigenvalue weighted by atomic mass is 9.92. The van der Waals surface area contributed by atoms with E-state index in [1.165, 1.54) is 17.5 Å². The van der Waals surface area contributed by atoms with E-state index in [-0.39, 0.29) is 0 Å². The van der Waals surface area contributed by atoms with Crippen molar-refractivity contribution in [3.05, 3.63) is 83.3 Å². The molecule has 1 heteroatoms. The SMILES string of the molecule is C1=C[C@H](c2ccccc2)C[C@H](c2ccccc2)S1. The smallest absolute Gasteiger partial charge is 0.0347 e. The molecule has 0 fully saturated rings. The fraction of sp³-hybridized carbons (Fsp3) is 0.176. The zero-order chi connectivity index (χ0) is 12.2. The van der Waals surface area contributed by atoms with Gasteiger partial charge in [0.15, 0.2) is 0 Å². The van der Waals surface area contributed by atoms with Crippen molar-refractivity contribution in [2.45, 2.75) is 17.6 Å². The van der Waals surface area contributed by atoms with E-state index < -0.39 is 0 Å². The maximum absolute atomic E-state index is 2.33. The molecule has 18 heavy (non-hydrogen) atoms. The summed E-state index contributed by atoms with van der Waals surface area (Å²) in [5.41, 5.74) is 2.86. The van der Waals surface area contributed by atoms with Crippen molar-refractivity contribution in [2.75, 3.05) is 0 Å². The molecule has 0 saturated carbocycles. The third-order valence-electron chi connectivity index (χ3n) is 3.42. The number of hydrogen-bond acceptors (Lipinski definition) is 1. The Morgan fingerprint density at radius 1 is 0.778 bits per heavy atom.